The van der Waals surface area contributed by atoms with Crippen LogP contribution < -0.4 is 4.90 Å². The normalized spacial score (nSPS) is 22.4. The molecule has 2 fully saturated rings. The van der Waals surface area contributed by atoms with E-state index in [9.17, 15) is 8.42 Å². The standard InChI is InChI=1S/C15H23N3O2S/c19-21(20,17-10-4-5-11-17)18-12-6-9-16(13-14-18)15-7-2-1-3-8-15/h1-3,7-8H,4-6,9-14H2. The van der Waals surface area contributed by atoms with Gasteiger partial charge in [0, 0.05) is 45.0 Å². The summed E-state index contributed by atoms with van der Waals surface area (Å²) in [5.41, 5.74) is 1.18. The van der Waals surface area contributed by atoms with Crippen molar-refractivity contribution in [3.63, 3.8) is 0 Å². The third-order valence-corrected chi connectivity index (χ3v) is 6.33. The van der Waals surface area contributed by atoms with Gasteiger partial charge in [-0.3, -0.25) is 0 Å². The second-order valence-electron chi connectivity index (χ2n) is 5.69. The van der Waals surface area contributed by atoms with Gasteiger partial charge in [-0.1, -0.05) is 18.2 Å². The highest BCUT2D eigenvalue weighted by atomic mass is 32.2. The molecule has 1 aromatic rings. The lowest BCUT2D eigenvalue weighted by molar-refractivity contribution is 0.373. The zero-order valence-corrected chi connectivity index (χ0v) is 13.1. The first-order valence-corrected chi connectivity index (χ1v) is 9.13. The number of rotatable bonds is 3. The molecule has 0 aliphatic carbocycles. The van der Waals surface area contributed by atoms with Crippen molar-refractivity contribution in [2.24, 2.45) is 0 Å². The molecule has 21 heavy (non-hydrogen) atoms. The van der Waals surface area contributed by atoms with Gasteiger partial charge in [0.2, 0.25) is 0 Å². The molecule has 1 aromatic carbocycles. The highest BCUT2D eigenvalue weighted by Gasteiger charge is 2.32. The number of para-hydroxylation sites is 1. The molecule has 2 aliphatic rings. The van der Waals surface area contributed by atoms with E-state index >= 15 is 0 Å². The zero-order chi connectivity index (χ0) is 14.7. The van der Waals surface area contributed by atoms with Crippen molar-refractivity contribution in [3.8, 4) is 0 Å². The Morgan fingerprint density at radius 1 is 0.714 bits per heavy atom. The number of benzene rings is 1. The Hall–Kier alpha value is -1.11. The quantitative estimate of drug-likeness (QED) is 0.851. The van der Waals surface area contributed by atoms with E-state index in [0.717, 1.165) is 32.4 Å². The molecule has 0 aromatic heterocycles. The van der Waals surface area contributed by atoms with Gasteiger partial charge >= 0.3 is 0 Å². The van der Waals surface area contributed by atoms with Crippen molar-refractivity contribution in [2.75, 3.05) is 44.2 Å². The molecule has 2 saturated heterocycles. The lowest BCUT2D eigenvalue weighted by atomic mass is 10.3. The maximum absolute atomic E-state index is 12.6. The molecule has 0 N–H and O–H groups in total. The van der Waals surface area contributed by atoms with Gasteiger partial charge in [0.25, 0.3) is 10.2 Å². The van der Waals surface area contributed by atoms with Crippen LogP contribution in [0, 0.1) is 0 Å². The van der Waals surface area contributed by atoms with E-state index in [4.69, 9.17) is 0 Å². The lowest BCUT2D eigenvalue weighted by Crippen LogP contribution is -2.44. The summed E-state index contributed by atoms with van der Waals surface area (Å²) in [6.07, 6.45) is 2.86. The van der Waals surface area contributed by atoms with Crippen LogP contribution >= 0.6 is 0 Å². The Kier molecular flexibility index (Phi) is 4.47. The molecule has 2 heterocycles. The fraction of sp³-hybridized carbons (Fsp3) is 0.600. The maximum Gasteiger partial charge on any atom is 0.282 e. The van der Waals surface area contributed by atoms with Crippen LogP contribution in [0.4, 0.5) is 5.69 Å². The average Bonchev–Trinajstić information content (AvgIpc) is 2.93. The van der Waals surface area contributed by atoms with Crippen molar-refractivity contribution in [3.05, 3.63) is 30.3 Å². The Morgan fingerprint density at radius 2 is 1.33 bits per heavy atom. The largest absolute Gasteiger partial charge is 0.370 e. The molecular weight excluding hydrogens is 286 g/mol. The molecule has 0 radical (unpaired) electrons. The number of nitrogens with zero attached hydrogens (tertiary/aromatic N) is 3. The topological polar surface area (TPSA) is 43.9 Å². The smallest absolute Gasteiger partial charge is 0.282 e. The van der Waals surface area contributed by atoms with E-state index in [2.05, 4.69) is 17.0 Å². The van der Waals surface area contributed by atoms with Gasteiger partial charge in [-0.2, -0.15) is 17.0 Å². The number of anilines is 1. The van der Waals surface area contributed by atoms with E-state index in [-0.39, 0.29) is 0 Å². The zero-order valence-electron chi connectivity index (χ0n) is 12.3. The van der Waals surface area contributed by atoms with Crippen LogP contribution in [0.2, 0.25) is 0 Å². The minimum Gasteiger partial charge on any atom is -0.370 e. The summed E-state index contributed by atoms with van der Waals surface area (Å²) in [5, 5.41) is 0. The molecule has 0 bridgehead atoms. The van der Waals surface area contributed by atoms with Crippen LogP contribution in [0.15, 0.2) is 30.3 Å². The molecule has 0 unspecified atom stereocenters. The molecule has 0 spiro atoms. The van der Waals surface area contributed by atoms with Crippen molar-refractivity contribution in [2.45, 2.75) is 19.3 Å². The summed E-state index contributed by atoms with van der Waals surface area (Å²) < 4.78 is 28.5. The second-order valence-corrected chi connectivity index (χ2v) is 7.62. The molecule has 0 saturated carbocycles. The second kappa shape index (κ2) is 6.34. The van der Waals surface area contributed by atoms with Crippen LogP contribution in [0.1, 0.15) is 19.3 Å². The van der Waals surface area contributed by atoms with Gasteiger partial charge in [-0.15, -0.1) is 0 Å². The third-order valence-electron chi connectivity index (χ3n) is 4.29. The van der Waals surface area contributed by atoms with E-state index in [1.54, 1.807) is 8.61 Å². The minimum absolute atomic E-state index is 0.577. The Morgan fingerprint density at radius 3 is 2.05 bits per heavy atom. The maximum atomic E-state index is 12.6. The highest BCUT2D eigenvalue weighted by molar-refractivity contribution is 7.86. The van der Waals surface area contributed by atoms with Crippen LogP contribution in [0.5, 0.6) is 0 Å². The lowest BCUT2D eigenvalue weighted by Gasteiger charge is -2.26. The Bertz CT molecular complexity index is 556. The number of hydrogen-bond acceptors (Lipinski definition) is 3. The van der Waals surface area contributed by atoms with Gasteiger partial charge in [0.1, 0.15) is 0 Å². The summed E-state index contributed by atoms with van der Waals surface area (Å²) in [4.78, 5) is 2.28. The fourth-order valence-electron chi connectivity index (χ4n) is 3.10. The Balaban J connectivity index is 1.68. The molecule has 116 valence electrons. The molecule has 2 aliphatic heterocycles. The number of hydrogen-bond donors (Lipinski definition) is 0. The average molecular weight is 309 g/mol. The molecule has 0 atom stereocenters. The van der Waals surface area contributed by atoms with Crippen molar-refractivity contribution in [1.82, 2.24) is 8.61 Å². The molecule has 3 rings (SSSR count). The third kappa shape index (κ3) is 3.22. The van der Waals surface area contributed by atoms with E-state index in [0.29, 0.717) is 26.2 Å². The minimum atomic E-state index is -3.25. The van der Waals surface area contributed by atoms with Gasteiger partial charge in [0.15, 0.2) is 0 Å². The van der Waals surface area contributed by atoms with Crippen LogP contribution in [-0.4, -0.2) is 56.3 Å². The van der Waals surface area contributed by atoms with E-state index in [1.165, 1.54) is 5.69 Å². The van der Waals surface area contributed by atoms with Crippen molar-refractivity contribution < 1.29 is 8.42 Å². The summed E-state index contributed by atoms with van der Waals surface area (Å²) in [7, 11) is -3.25. The van der Waals surface area contributed by atoms with Gasteiger partial charge in [0.05, 0.1) is 0 Å². The van der Waals surface area contributed by atoms with Gasteiger partial charge < -0.3 is 4.90 Å². The van der Waals surface area contributed by atoms with Crippen LogP contribution in [0.3, 0.4) is 0 Å². The van der Waals surface area contributed by atoms with Crippen LogP contribution in [0.25, 0.3) is 0 Å². The SMILES string of the molecule is O=S(=O)(N1CCCC1)N1CCCN(c2ccccc2)CC1. The molecule has 0 amide bonds. The molecule has 5 nitrogen and oxygen atoms in total. The first-order valence-electron chi connectivity index (χ1n) is 7.73. The summed E-state index contributed by atoms with van der Waals surface area (Å²) >= 11 is 0. The summed E-state index contributed by atoms with van der Waals surface area (Å²) in [6.45, 7) is 4.24. The van der Waals surface area contributed by atoms with E-state index < -0.39 is 10.2 Å². The first kappa shape index (κ1) is 14.8. The predicted octanol–water partition coefficient (Wildman–Crippen LogP) is 1.54. The first-order chi connectivity index (χ1) is 10.2. The van der Waals surface area contributed by atoms with Gasteiger partial charge in [-0.05, 0) is 31.4 Å². The summed E-state index contributed by atoms with van der Waals surface area (Å²) in [6, 6.07) is 10.2. The monoisotopic (exact) mass is 309 g/mol. The van der Waals surface area contributed by atoms with Crippen LogP contribution in [-0.2, 0) is 10.2 Å². The Labute approximate surface area is 127 Å². The fourth-order valence-corrected chi connectivity index (χ4v) is 4.82. The highest BCUT2D eigenvalue weighted by Crippen LogP contribution is 2.20. The summed E-state index contributed by atoms with van der Waals surface area (Å²) in [5.74, 6) is 0. The van der Waals surface area contributed by atoms with Crippen molar-refractivity contribution >= 4 is 15.9 Å². The predicted molar refractivity (Wildman–Crippen MR) is 84.6 cm³/mol. The molecule has 6 heteroatoms. The molecular formula is C15H23N3O2S. The van der Waals surface area contributed by atoms with Gasteiger partial charge in [-0.25, -0.2) is 0 Å². The van der Waals surface area contributed by atoms with Crippen molar-refractivity contribution in [1.29, 1.82) is 0 Å². The van der Waals surface area contributed by atoms with E-state index in [1.807, 2.05) is 18.2 Å².